The maximum absolute atomic E-state index is 12.0. The number of carbonyl (C=O) groups is 1. The summed E-state index contributed by atoms with van der Waals surface area (Å²) in [5.41, 5.74) is 1.30. The molecule has 0 heterocycles. The SMILES string of the molecule is Cc1ccc(Br)cc1C(=O)NCC(C)(C)CO. The van der Waals surface area contributed by atoms with Crippen LogP contribution in [0.3, 0.4) is 0 Å². The van der Waals surface area contributed by atoms with Crippen molar-refractivity contribution >= 4 is 21.8 Å². The van der Waals surface area contributed by atoms with Crippen LogP contribution in [0.2, 0.25) is 0 Å². The van der Waals surface area contributed by atoms with Crippen LogP contribution in [0.15, 0.2) is 22.7 Å². The zero-order chi connectivity index (χ0) is 13.1. The Hall–Kier alpha value is -0.870. The molecule has 0 bridgehead atoms. The number of aliphatic hydroxyl groups is 1. The average molecular weight is 300 g/mol. The van der Waals surface area contributed by atoms with Crippen LogP contribution < -0.4 is 5.32 Å². The first-order valence-electron chi connectivity index (χ1n) is 5.51. The van der Waals surface area contributed by atoms with E-state index in [1.165, 1.54) is 0 Å². The molecule has 17 heavy (non-hydrogen) atoms. The third-order valence-corrected chi connectivity index (χ3v) is 3.09. The predicted octanol–water partition coefficient (Wildman–Crippen LogP) is 2.51. The van der Waals surface area contributed by atoms with Gasteiger partial charge in [0, 0.05) is 28.6 Å². The lowest BCUT2D eigenvalue weighted by Crippen LogP contribution is -2.36. The van der Waals surface area contributed by atoms with Gasteiger partial charge in [-0.15, -0.1) is 0 Å². The van der Waals surface area contributed by atoms with Crippen LogP contribution in [0.1, 0.15) is 29.8 Å². The summed E-state index contributed by atoms with van der Waals surface area (Å²) < 4.78 is 0.884. The van der Waals surface area contributed by atoms with Crippen molar-refractivity contribution in [3.8, 4) is 0 Å². The van der Waals surface area contributed by atoms with E-state index in [4.69, 9.17) is 5.11 Å². The Morgan fingerprint density at radius 2 is 2.12 bits per heavy atom. The molecule has 3 nitrogen and oxygen atoms in total. The maximum atomic E-state index is 12.0. The number of aryl methyl sites for hydroxylation is 1. The van der Waals surface area contributed by atoms with E-state index >= 15 is 0 Å². The van der Waals surface area contributed by atoms with Crippen LogP contribution in [0, 0.1) is 12.3 Å². The van der Waals surface area contributed by atoms with Gasteiger partial charge < -0.3 is 10.4 Å². The molecule has 0 radical (unpaired) electrons. The van der Waals surface area contributed by atoms with Crippen LogP contribution in [0.5, 0.6) is 0 Å². The fourth-order valence-corrected chi connectivity index (χ4v) is 1.67. The maximum Gasteiger partial charge on any atom is 0.251 e. The van der Waals surface area contributed by atoms with E-state index in [0.717, 1.165) is 10.0 Å². The van der Waals surface area contributed by atoms with Gasteiger partial charge in [0.25, 0.3) is 5.91 Å². The molecule has 0 aliphatic carbocycles. The van der Waals surface area contributed by atoms with Gasteiger partial charge in [0.2, 0.25) is 0 Å². The van der Waals surface area contributed by atoms with E-state index < -0.39 is 0 Å². The molecule has 0 unspecified atom stereocenters. The summed E-state index contributed by atoms with van der Waals surface area (Å²) in [6, 6.07) is 5.61. The molecule has 1 amide bonds. The summed E-state index contributed by atoms with van der Waals surface area (Å²) in [6.45, 7) is 6.21. The van der Waals surface area contributed by atoms with Gasteiger partial charge in [-0.05, 0) is 24.6 Å². The van der Waals surface area contributed by atoms with Gasteiger partial charge in [0.05, 0.1) is 0 Å². The van der Waals surface area contributed by atoms with Gasteiger partial charge in [-0.25, -0.2) is 0 Å². The second-order valence-electron chi connectivity index (χ2n) is 4.96. The summed E-state index contributed by atoms with van der Waals surface area (Å²) in [5.74, 6) is -0.106. The quantitative estimate of drug-likeness (QED) is 0.897. The van der Waals surface area contributed by atoms with E-state index in [1.807, 2.05) is 32.9 Å². The Morgan fingerprint density at radius 1 is 1.47 bits per heavy atom. The van der Waals surface area contributed by atoms with Crippen molar-refractivity contribution < 1.29 is 9.90 Å². The molecular formula is C13H18BrNO2. The van der Waals surface area contributed by atoms with Crippen molar-refractivity contribution in [2.45, 2.75) is 20.8 Å². The van der Waals surface area contributed by atoms with Crippen molar-refractivity contribution in [2.75, 3.05) is 13.2 Å². The first kappa shape index (κ1) is 14.2. The van der Waals surface area contributed by atoms with Gasteiger partial charge >= 0.3 is 0 Å². The standard InChI is InChI=1S/C13H18BrNO2/c1-9-4-5-10(14)6-11(9)12(17)15-7-13(2,3)8-16/h4-6,16H,7-8H2,1-3H3,(H,15,17). The minimum atomic E-state index is -0.296. The fourth-order valence-electron chi connectivity index (χ4n) is 1.31. The van der Waals surface area contributed by atoms with E-state index in [0.29, 0.717) is 12.1 Å². The molecule has 0 saturated heterocycles. The zero-order valence-electron chi connectivity index (χ0n) is 10.4. The summed E-state index contributed by atoms with van der Waals surface area (Å²) >= 11 is 3.35. The molecule has 4 heteroatoms. The normalized spacial score (nSPS) is 11.4. The largest absolute Gasteiger partial charge is 0.396 e. The highest BCUT2D eigenvalue weighted by Gasteiger charge is 2.18. The highest BCUT2D eigenvalue weighted by molar-refractivity contribution is 9.10. The van der Waals surface area contributed by atoms with Crippen molar-refractivity contribution in [1.82, 2.24) is 5.32 Å². The summed E-state index contributed by atoms with van der Waals surface area (Å²) in [5, 5.41) is 12.0. The van der Waals surface area contributed by atoms with E-state index in [-0.39, 0.29) is 17.9 Å². The minimum Gasteiger partial charge on any atom is -0.396 e. The number of nitrogens with one attached hydrogen (secondary N) is 1. The van der Waals surface area contributed by atoms with Gasteiger partial charge in [-0.1, -0.05) is 35.8 Å². The summed E-state index contributed by atoms with van der Waals surface area (Å²) in [4.78, 5) is 12.0. The Morgan fingerprint density at radius 3 is 2.71 bits per heavy atom. The lowest BCUT2D eigenvalue weighted by Gasteiger charge is -2.22. The summed E-state index contributed by atoms with van der Waals surface area (Å²) in [6.07, 6.45) is 0. The molecule has 0 spiro atoms. The molecule has 0 atom stereocenters. The first-order valence-corrected chi connectivity index (χ1v) is 6.30. The Bertz CT molecular complexity index is 416. The van der Waals surface area contributed by atoms with Gasteiger partial charge in [0.1, 0.15) is 0 Å². The third kappa shape index (κ3) is 4.13. The van der Waals surface area contributed by atoms with Crippen molar-refractivity contribution in [3.05, 3.63) is 33.8 Å². The Kier molecular flexibility index (Phi) is 4.71. The number of halogens is 1. The smallest absolute Gasteiger partial charge is 0.251 e. The molecule has 0 aliphatic heterocycles. The second-order valence-corrected chi connectivity index (χ2v) is 5.88. The molecule has 94 valence electrons. The van der Waals surface area contributed by atoms with Crippen LogP contribution in [-0.2, 0) is 0 Å². The molecule has 1 aromatic carbocycles. The van der Waals surface area contributed by atoms with Crippen LogP contribution >= 0.6 is 15.9 Å². The lowest BCUT2D eigenvalue weighted by atomic mass is 9.95. The lowest BCUT2D eigenvalue weighted by molar-refractivity contribution is 0.0910. The molecule has 2 N–H and O–H groups in total. The van der Waals surface area contributed by atoms with Crippen molar-refractivity contribution in [2.24, 2.45) is 5.41 Å². The van der Waals surface area contributed by atoms with Gasteiger partial charge in [0.15, 0.2) is 0 Å². The van der Waals surface area contributed by atoms with Crippen LogP contribution in [0.25, 0.3) is 0 Å². The number of benzene rings is 1. The molecular weight excluding hydrogens is 282 g/mol. The summed E-state index contributed by atoms with van der Waals surface area (Å²) in [7, 11) is 0. The Labute approximate surface area is 110 Å². The van der Waals surface area contributed by atoms with Crippen LogP contribution in [0.4, 0.5) is 0 Å². The highest BCUT2D eigenvalue weighted by Crippen LogP contribution is 2.17. The molecule has 0 aromatic heterocycles. The Balaban J connectivity index is 2.74. The first-order chi connectivity index (χ1) is 7.85. The molecule has 0 saturated carbocycles. The fraction of sp³-hybridized carbons (Fsp3) is 0.462. The van der Waals surface area contributed by atoms with Crippen LogP contribution in [-0.4, -0.2) is 24.2 Å². The van der Waals surface area contributed by atoms with Crippen molar-refractivity contribution in [1.29, 1.82) is 0 Å². The number of carbonyl (C=O) groups excluding carboxylic acids is 1. The predicted molar refractivity (Wildman–Crippen MR) is 72.1 cm³/mol. The van der Waals surface area contributed by atoms with Gasteiger partial charge in [-0.3, -0.25) is 4.79 Å². The third-order valence-electron chi connectivity index (χ3n) is 2.60. The minimum absolute atomic E-state index is 0.0464. The van der Waals surface area contributed by atoms with E-state index in [1.54, 1.807) is 6.07 Å². The number of amides is 1. The number of hydrogen-bond acceptors (Lipinski definition) is 2. The van der Waals surface area contributed by atoms with Crippen molar-refractivity contribution in [3.63, 3.8) is 0 Å². The van der Waals surface area contributed by atoms with E-state index in [9.17, 15) is 4.79 Å². The average Bonchev–Trinajstić information content (AvgIpc) is 2.29. The number of rotatable bonds is 4. The molecule has 0 fully saturated rings. The monoisotopic (exact) mass is 299 g/mol. The van der Waals surface area contributed by atoms with Gasteiger partial charge in [-0.2, -0.15) is 0 Å². The highest BCUT2D eigenvalue weighted by atomic mass is 79.9. The number of aliphatic hydroxyl groups excluding tert-OH is 1. The molecule has 1 aromatic rings. The number of hydrogen-bond donors (Lipinski definition) is 2. The van der Waals surface area contributed by atoms with E-state index in [2.05, 4.69) is 21.2 Å². The second kappa shape index (κ2) is 5.65. The molecule has 0 aliphatic rings. The molecule has 1 rings (SSSR count). The zero-order valence-corrected chi connectivity index (χ0v) is 12.0. The topological polar surface area (TPSA) is 49.3 Å².